The number of aromatic nitrogens is 1. The SMILES string of the molecule is Cc1cnccc1C(=O)c1ccc(OC2CC2)cc1. The van der Waals surface area contributed by atoms with Crippen LogP contribution in [0.3, 0.4) is 0 Å². The van der Waals surface area contributed by atoms with E-state index in [4.69, 9.17) is 4.74 Å². The first-order valence-electron chi connectivity index (χ1n) is 6.46. The van der Waals surface area contributed by atoms with Crippen LogP contribution in [0.4, 0.5) is 0 Å². The van der Waals surface area contributed by atoms with Gasteiger partial charge in [0.25, 0.3) is 0 Å². The predicted molar refractivity (Wildman–Crippen MR) is 72.5 cm³/mol. The summed E-state index contributed by atoms with van der Waals surface area (Å²) in [4.78, 5) is 16.3. The highest BCUT2D eigenvalue weighted by Crippen LogP contribution is 2.27. The number of ketones is 1. The number of carbonyl (C=O) groups is 1. The van der Waals surface area contributed by atoms with E-state index in [0.717, 1.165) is 24.2 Å². The Morgan fingerprint density at radius 3 is 2.58 bits per heavy atom. The summed E-state index contributed by atoms with van der Waals surface area (Å²) in [6, 6.07) is 9.12. The highest BCUT2D eigenvalue weighted by atomic mass is 16.5. The van der Waals surface area contributed by atoms with Crippen LogP contribution in [0.15, 0.2) is 42.7 Å². The fourth-order valence-electron chi connectivity index (χ4n) is 1.95. The van der Waals surface area contributed by atoms with Crippen LogP contribution in [0.1, 0.15) is 34.3 Å². The highest BCUT2D eigenvalue weighted by molar-refractivity contribution is 6.09. The molecule has 3 nitrogen and oxygen atoms in total. The van der Waals surface area contributed by atoms with Crippen molar-refractivity contribution in [3.8, 4) is 5.75 Å². The lowest BCUT2D eigenvalue weighted by Gasteiger charge is -2.06. The molecule has 19 heavy (non-hydrogen) atoms. The average molecular weight is 253 g/mol. The second-order valence-corrected chi connectivity index (χ2v) is 4.86. The Bertz CT molecular complexity index is 600. The lowest BCUT2D eigenvalue weighted by Crippen LogP contribution is -2.04. The van der Waals surface area contributed by atoms with E-state index in [9.17, 15) is 4.79 Å². The Hall–Kier alpha value is -2.16. The molecule has 0 saturated heterocycles. The molecular weight excluding hydrogens is 238 g/mol. The van der Waals surface area contributed by atoms with Crippen molar-refractivity contribution in [1.82, 2.24) is 4.98 Å². The van der Waals surface area contributed by atoms with Gasteiger partial charge in [-0.3, -0.25) is 9.78 Å². The molecule has 1 fully saturated rings. The van der Waals surface area contributed by atoms with E-state index >= 15 is 0 Å². The molecule has 0 bridgehead atoms. The molecule has 2 aromatic rings. The zero-order chi connectivity index (χ0) is 13.2. The van der Waals surface area contributed by atoms with Crippen molar-refractivity contribution in [1.29, 1.82) is 0 Å². The predicted octanol–water partition coefficient (Wildman–Crippen LogP) is 3.16. The maximum absolute atomic E-state index is 12.3. The number of aryl methyl sites for hydroxylation is 1. The van der Waals surface area contributed by atoms with Crippen molar-refractivity contribution in [2.45, 2.75) is 25.9 Å². The topological polar surface area (TPSA) is 39.2 Å². The molecule has 0 atom stereocenters. The van der Waals surface area contributed by atoms with Crippen LogP contribution in [0.5, 0.6) is 5.75 Å². The van der Waals surface area contributed by atoms with E-state index < -0.39 is 0 Å². The molecule has 1 saturated carbocycles. The summed E-state index contributed by atoms with van der Waals surface area (Å²) in [5.41, 5.74) is 2.27. The molecule has 0 amide bonds. The van der Waals surface area contributed by atoms with Gasteiger partial charge in [-0.2, -0.15) is 0 Å². The van der Waals surface area contributed by atoms with Crippen molar-refractivity contribution in [3.05, 3.63) is 59.4 Å². The first-order chi connectivity index (χ1) is 9.24. The number of hydrogen-bond donors (Lipinski definition) is 0. The number of benzene rings is 1. The summed E-state index contributed by atoms with van der Waals surface area (Å²) in [7, 11) is 0. The number of nitrogens with zero attached hydrogens (tertiary/aromatic N) is 1. The van der Waals surface area contributed by atoms with Gasteiger partial charge in [0.1, 0.15) is 5.75 Å². The van der Waals surface area contributed by atoms with E-state index in [0.29, 0.717) is 17.2 Å². The van der Waals surface area contributed by atoms with Gasteiger partial charge in [-0.25, -0.2) is 0 Å². The molecule has 0 radical (unpaired) electrons. The van der Waals surface area contributed by atoms with Gasteiger partial charge >= 0.3 is 0 Å². The minimum absolute atomic E-state index is 0.0258. The van der Waals surface area contributed by atoms with Crippen LogP contribution >= 0.6 is 0 Å². The molecule has 0 N–H and O–H groups in total. The van der Waals surface area contributed by atoms with Crippen molar-refractivity contribution in [2.24, 2.45) is 0 Å². The van der Waals surface area contributed by atoms with Crippen molar-refractivity contribution >= 4 is 5.78 Å². The minimum Gasteiger partial charge on any atom is -0.490 e. The van der Waals surface area contributed by atoms with Crippen LogP contribution < -0.4 is 4.74 Å². The lowest BCUT2D eigenvalue weighted by atomic mass is 10.0. The van der Waals surface area contributed by atoms with Crippen molar-refractivity contribution in [3.63, 3.8) is 0 Å². The van der Waals surface area contributed by atoms with Crippen LogP contribution in [-0.4, -0.2) is 16.9 Å². The molecule has 3 rings (SSSR count). The fourth-order valence-corrected chi connectivity index (χ4v) is 1.95. The monoisotopic (exact) mass is 253 g/mol. The smallest absolute Gasteiger partial charge is 0.193 e. The molecule has 3 heteroatoms. The fraction of sp³-hybridized carbons (Fsp3) is 0.250. The number of ether oxygens (including phenoxy) is 1. The van der Waals surface area contributed by atoms with Crippen molar-refractivity contribution < 1.29 is 9.53 Å². The molecule has 1 aliphatic carbocycles. The normalized spacial score (nSPS) is 14.2. The number of pyridine rings is 1. The van der Waals surface area contributed by atoms with Gasteiger partial charge in [0.05, 0.1) is 6.10 Å². The molecule has 1 aliphatic rings. The Morgan fingerprint density at radius 2 is 1.95 bits per heavy atom. The van der Waals surface area contributed by atoms with Gasteiger partial charge in [0.2, 0.25) is 0 Å². The molecule has 0 spiro atoms. The first kappa shape index (κ1) is 11.9. The van der Waals surface area contributed by atoms with Gasteiger partial charge in [0, 0.05) is 23.5 Å². The maximum atomic E-state index is 12.3. The summed E-state index contributed by atoms with van der Waals surface area (Å²) in [5, 5.41) is 0. The highest BCUT2D eigenvalue weighted by Gasteiger charge is 2.23. The zero-order valence-corrected chi connectivity index (χ0v) is 10.8. The number of hydrogen-bond acceptors (Lipinski definition) is 3. The van der Waals surface area contributed by atoms with E-state index in [1.54, 1.807) is 18.5 Å². The largest absolute Gasteiger partial charge is 0.490 e. The van der Waals surface area contributed by atoms with Crippen LogP contribution in [0.25, 0.3) is 0 Å². The van der Waals surface area contributed by atoms with E-state index in [1.165, 1.54) is 0 Å². The van der Waals surface area contributed by atoms with E-state index in [2.05, 4.69) is 4.98 Å². The molecule has 1 aromatic heterocycles. The molecular formula is C16H15NO2. The van der Waals surface area contributed by atoms with Crippen molar-refractivity contribution in [2.75, 3.05) is 0 Å². The second-order valence-electron chi connectivity index (χ2n) is 4.86. The van der Waals surface area contributed by atoms with Gasteiger partial charge in [-0.15, -0.1) is 0 Å². The summed E-state index contributed by atoms with van der Waals surface area (Å²) >= 11 is 0. The zero-order valence-electron chi connectivity index (χ0n) is 10.8. The minimum atomic E-state index is 0.0258. The lowest BCUT2D eigenvalue weighted by molar-refractivity contribution is 0.103. The van der Waals surface area contributed by atoms with Crippen LogP contribution in [-0.2, 0) is 0 Å². The second kappa shape index (κ2) is 4.84. The molecule has 1 heterocycles. The molecule has 0 aliphatic heterocycles. The quantitative estimate of drug-likeness (QED) is 0.786. The van der Waals surface area contributed by atoms with Gasteiger partial charge in [-0.1, -0.05) is 0 Å². The van der Waals surface area contributed by atoms with Gasteiger partial charge in [0.15, 0.2) is 5.78 Å². The van der Waals surface area contributed by atoms with E-state index in [1.807, 2.05) is 31.2 Å². The van der Waals surface area contributed by atoms with Gasteiger partial charge in [-0.05, 0) is 55.7 Å². The Balaban J connectivity index is 1.81. The van der Waals surface area contributed by atoms with E-state index in [-0.39, 0.29) is 5.78 Å². The first-order valence-corrected chi connectivity index (χ1v) is 6.46. The number of carbonyl (C=O) groups excluding carboxylic acids is 1. The third kappa shape index (κ3) is 2.65. The molecule has 0 unspecified atom stereocenters. The van der Waals surface area contributed by atoms with Crippen LogP contribution in [0, 0.1) is 6.92 Å². The van der Waals surface area contributed by atoms with Crippen LogP contribution in [0.2, 0.25) is 0 Å². The summed E-state index contributed by atoms with van der Waals surface area (Å²) in [6.45, 7) is 1.89. The Labute approximate surface area is 112 Å². The Kier molecular flexibility index (Phi) is 3.03. The third-order valence-electron chi connectivity index (χ3n) is 3.21. The molecule has 1 aromatic carbocycles. The third-order valence-corrected chi connectivity index (χ3v) is 3.21. The maximum Gasteiger partial charge on any atom is 0.193 e. The summed E-state index contributed by atoms with van der Waals surface area (Å²) < 4.78 is 5.67. The van der Waals surface area contributed by atoms with Gasteiger partial charge < -0.3 is 4.74 Å². The summed E-state index contributed by atoms with van der Waals surface area (Å²) in [6.07, 6.45) is 6.00. The summed E-state index contributed by atoms with van der Waals surface area (Å²) in [5.74, 6) is 0.864. The Morgan fingerprint density at radius 1 is 1.21 bits per heavy atom. The standard InChI is InChI=1S/C16H15NO2/c1-11-10-17-9-8-15(11)16(18)12-2-4-13(5-3-12)19-14-6-7-14/h2-5,8-10,14H,6-7H2,1H3. The molecule has 96 valence electrons. The average Bonchev–Trinajstić information content (AvgIpc) is 3.23. The number of rotatable bonds is 4.